The fourth-order valence-electron chi connectivity index (χ4n) is 9.25. The van der Waals surface area contributed by atoms with Crippen molar-refractivity contribution in [3.05, 3.63) is 139 Å². The third kappa shape index (κ3) is 3.93. The highest BCUT2D eigenvalue weighted by Gasteiger charge is 2.44. The Hall–Kier alpha value is -5.74. The Balaban J connectivity index is 1.32. The van der Waals surface area contributed by atoms with E-state index < -0.39 is 0 Å². The van der Waals surface area contributed by atoms with Crippen LogP contribution in [-0.4, -0.2) is 11.4 Å². The topological polar surface area (TPSA) is 21.3 Å². The standard InChI is InChI=1S/C48H39BN2O/c1-47(2,3)29-16-19-31(20-17-29)51-40-23-15-28-11-7-8-12-32(28)44(40)35-22-21-34-36-27-43-37(33-13-9-10-14-42(33)52-43)26-41(36)50-39-24-18-30(48(4,5)6)25-38(39)49(51)45(35)46(34)50/h7-27H,1-6H3. The molecule has 9 aromatic rings. The first-order valence-electron chi connectivity index (χ1n) is 18.6. The van der Waals surface area contributed by atoms with Gasteiger partial charge in [0.05, 0.1) is 11.0 Å². The molecule has 0 N–H and O–H groups in total. The lowest BCUT2D eigenvalue weighted by Gasteiger charge is -2.42. The van der Waals surface area contributed by atoms with E-state index in [-0.39, 0.29) is 17.7 Å². The summed E-state index contributed by atoms with van der Waals surface area (Å²) in [6.45, 7) is 13.8. The Kier molecular flexibility index (Phi) is 5.75. The number of rotatable bonds is 1. The molecule has 2 aliphatic rings. The maximum Gasteiger partial charge on any atom is 0.333 e. The van der Waals surface area contributed by atoms with Gasteiger partial charge in [0.2, 0.25) is 0 Å². The Morgan fingerprint density at radius 1 is 0.538 bits per heavy atom. The molecule has 0 saturated carbocycles. The van der Waals surface area contributed by atoms with Crippen LogP contribution in [0.3, 0.4) is 0 Å². The van der Waals surface area contributed by atoms with Crippen LogP contribution in [0.25, 0.3) is 71.3 Å². The number of fused-ring (bicyclic) bond motifs is 13. The van der Waals surface area contributed by atoms with Crippen molar-refractivity contribution in [3.8, 4) is 16.8 Å². The molecule has 0 fully saturated rings. The Labute approximate surface area is 304 Å². The van der Waals surface area contributed by atoms with Gasteiger partial charge in [-0.05, 0) is 91.7 Å². The van der Waals surface area contributed by atoms with Crippen molar-refractivity contribution in [2.45, 2.75) is 52.4 Å². The van der Waals surface area contributed by atoms with Crippen molar-refractivity contribution in [2.75, 3.05) is 4.81 Å². The second-order valence-electron chi connectivity index (χ2n) is 17.0. The summed E-state index contributed by atoms with van der Waals surface area (Å²) in [4.78, 5) is 2.64. The number of hydrogen-bond acceptors (Lipinski definition) is 2. The van der Waals surface area contributed by atoms with E-state index in [9.17, 15) is 0 Å². The van der Waals surface area contributed by atoms with Gasteiger partial charge in [-0.3, -0.25) is 0 Å². The zero-order chi connectivity index (χ0) is 35.3. The molecule has 0 unspecified atom stereocenters. The molecule has 0 radical (unpaired) electrons. The van der Waals surface area contributed by atoms with E-state index in [0.717, 1.165) is 21.9 Å². The molecular weight excluding hydrogens is 631 g/mol. The van der Waals surface area contributed by atoms with Gasteiger partial charge in [-0.15, -0.1) is 0 Å². The number of nitrogens with zero attached hydrogens (tertiary/aromatic N) is 2. The van der Waals surface area contributed by atoms with Gasteiger partial charge >= 0.3 is 6.85 Å². The zero-order valence-electron chi connectivity index (χ0n) is 30.5. The van der Waals surface area contributed by atoms with Gasteiger partial charge in [-0.2, -0.15) is 0 Å². The lowest BCUT2D eigenvalue weighted by molar-refractivity contribution is 0.590. The fourth-order valence-corrected chi connectivity index (χ4v) is 9.25. The summed E-state index contributed by atoms with van der Waals surface area (Å²) in [5.41, 5.74) is 16.1. The highest BCUT2D eigenvalue weighted by Crippen LogP contribution is 2.48. The second kappa shape index (κ2) is 9.98. The van der Waals surface area contributed by atoms with E-state index in [1.807, 2.05) is 0 Å². The van der Waals surface area contributed by atoms with Crippen molar-refractivity contribution in [1.29, 1.82) is 0 Å². The Bertz CT molecular complexity index is 2990. The largest absolute Gasteiger partial charge is 0.456 e. The first-order valence-corrected chi connectivity index (χ1v) is 18.6. The van der Waals surface area contributed by atoms with Crippen molar-refractivity contribution in [2.24, 2.45) is 0 Å². The Morgan fingerprint density at radius 2 is 1.25 bits per heavy atom. The van der Waals surface area contributed by atoms with Gasteiger partial charge in [0.25, 0.3) is 0 Å². The molecule has 2 aliphatic heterocycles. The molecule has 11 rings (SSSR count). The average Bonchev–Trinajstić information content (AvgIpc) is 3.67. The summed E-state index contributed by atoms with van der Waals surface area (Å²) in [5.74, 6) is 0. The summed E-state index contributed by atoms with van der Waals surface area (Å²) in [6, 6.07) is 48.0. The quantitative estimate of drug-likeness (QED) is 0.162. The van der Waals surface area contributed by atoms with Gasteiger partial charge < -0.3 is 13.8 Å². The molecule has 7 aromatic carbocycles. The SMILES string of the molecule is CC(C)(C)c1ccc(N2B3c4cc(C(C)(C)C)ccc4-n4c5cc6c(cc5c5ccc(c3c54)-c3c2ccc2ccccc32)oc2ccccc26)cc1. The van der Waals surface area contributed by atoms with Crippen LogP contribution in [0.2, 0.25) is 0 Å². The fraction of sp³-hybridized carbons (Fsp3) is 0.167. The summed E-state index contributed by atoms with van der Waals surface area (Å²) < 4.78 is 9.05. The number of aromatic nitrogens is 1. The van der Waals surface area contributed by atoms with E-state index in [1.54, 1.807) is 0 Å². The van der Waals surface area contributed by atoms with E-state index in [4.69, 9.17) is 4.42 Å². The minimum atomic E-state index is -0.0224. The Morgan fingerprint density at radius 3 is 2.04 bits per heavy atom. The van der Waals surface area contributed by atoms with E-state index in [1.165, 1.54) is 82.8 Å². The van der Waals surface area contributed by atoms with E-state index in [2.05, 4.69) is 178 Å². The monoisotopic (exact) mass is 670 g/mol. The van der Waals surface area contributed by atoms with Crippen LogP contribution in [0.1, 0.15) is 52.7 Å². The molecule has 250 valence electrons. The van der Waals surface area contributed by atoms with Crippen LogP contribution in [0.5, 0.6) is 0 Å². The predicted octanol–water partition coefficient (Wildman–Crippen LogP) is 11.7. The molecular formula is C48H39BN2O. The molecule has 0 saturated heterocycles. The van der Waals surface area contributed by atoms with E-state index >= 15 is 0 Å². The first kappa shape index (κ1) is 29.9. The smallest absolute Gasteiger partial charge is 0.333 e. The molecule has 0 bridgehead atoms. The zero-order valence-corrected chi connectivity index (χ0v) is 30.5. The van der Waals surface area contributed by atoms with Gasteiger partial charge in [0.1, 0.15) is 11.2 Å². The minimum Gasteiger partial charge on any atom is -0.456 e. The first-order chi connectivity index (χ1) is 25.1. The maximum absolute atomic E-state index is 6.48. The van der Waals surface area contributed by atoms with Gasteiger partial charge in [-0.1, -0.05) is 126 Å². The molecule has 3 nitrogen and oxygen atoms in total. The second-order valence-corrected chi connectivity index (χ2v) is 17.0. The lowest BCUT2D eigenvalue weighted by Crippen LogP contribution is -2.60. The van der Waals surface area contributed by atoms with Crippen LogP contribution in [0.4, 0.5) is 11.4 Å². The third-order valence-electron chi connectivity index (χ3n) is 11.9. The van der Waals surface area contributed by atoms with Gasteiger partial charge in [-0.25, -0.2) is 0 Å². The van der Waals surface area contributed by atoms with Crippen molar-refractivity contribution in [1.82, 2.24) is 4.57 Å². The lowest BCUT2D eigenvalue weighted by atomic mass is 9.43. The van der Waals surface area contributed by atoms with Crippen LogP contribution in [0, 0.1) is 0 Å². The molecule has 4 heteroatoms. The number of hydrogen-bond donors (Lipinski definition) is 0. The molecule has 4 heterocycles. The molecule has 0 amide bonds. The maximum atomic E-state index is 6.48. The minimum absolute atomic E-state index is 0.00721. The molecule has 2 aromatic heterocycles. The van der Waals surface area contributed by atoms with Crippen LogP contribution >= 0.6 is 0 Å². The number of benzene rings is 7. The van der Waals surface area contributed by atoms with Gasteiger partial charge in [0.15, 0.2) is 0 Å². The summed E-state index contributed by atoms with van der Waals surface area (Å²) in [6.07, 6.45) is 0. The normalized spacial score (nSPS) is 13.9. The summed E-state index contributed by atoms with van der Waals surface area (Å²) in [7, 11) is 0. The van der Waals surface area contributed by atoms with Gasteiger partial charge in [0, 0.05) is 44.2 Å². The number of anilines is 2. The summed E-state index contributed by atoms with van der Waals surface area (Å²) in [5, 5.41) is 7.34. The molecule has 0 spiro atoms. The highest BCUT2D eigenvalue weighted by molar-refractivity contribution is 6.93. The third-order valence-corrected chi connectivity index (χ3v) is 11.9. The van der Waals surface area contributed by atoms with Crippen molar-refractivity contribution >= 4 is 83.7 Å². The highest BCUT2D eigenvalue weighted by atomic mass is 16.3. The molecule has 0 atom stereocenters. The van der Waals surface area contributed by atoms with Crippen LogP contribution in [0.15, 0.2) is 132 Å². The van der Waals surface area contributed by atoms with Crippen molar-refractivity contribution in [3.63, 3.8) is 0 Å². The van der Waals surface area contributed by atoms with Crippen molar-refractivity contribution < 1.29 is 4.42 Å². The van der Waals surface area contributed by atoms with Crippen LogP contribution in [-0.2, 0) is 10.8 Å². The molecule has 52 heavy (non-hydrogen) atoms. The number of para-hydroxylation sites is 1. The predicted molar refractivity (Wildman–Crippen MR) is 222 cm³/mol. The van der Waals surface area contributed by atoms with Crippen LogP contribution < -0.4 is 15.7 Å². The summed E-state index contributed by atoms with van der Waals surface area (Å²) >= 11 is 0. The average molecular weight is 671 g/mol. The van der Waals surface area contributed by atoms with E-state index in [0.29, 0.717) is 0 Å². The molecule has 0 aliphatic carbocycles. The number of furan rings is 1.